The maximum atomic E-state index is 14.4. The van der Waals surface area contributed by atoms with E-state index in [2.05, 4.69) is 12.2 Å². The molecule has 2 atom stereocenters. The van der Waals surface area contributed by atoms with Crippen LogP contribution in [0.4, 0.5) is 28.9 Å². The highest BCUT2D eigenvalue weighted by Crippen LogP contribution is 2.39. The van der Waals surface area contributed by atoms with E-state index in [0.29, 0.717) is 24.7 Å². The van der Waals surface area contributed by atoms with Crippen molar-refractivity contribution in [3.63, 3.8) is 0 Å². The Labute approximate surface area is 202 Å². The van der Waals surface area contributed by atoms with Gasteiger partial charge in [0.1, 0.15) is 5.82 Å². The third kappa shape index (κ3) is 6.87. The number of nitrogens with one attached hydrogen (secondary N) is 2. The summed E-state index contributed by atoms with van der Waals surface area (Å²) in [7, 11) is -3.73. The number of rotatable bonds is 7. The highest BCUT2D eigenvalue weighted by molar-refractivity contribution is 7.92. The Hall–Kier alpha value is -2.82. The lowest BCUT2D eigenvalue weighted by Crippen LogP contribution is -2.41. The van der Waals surface area contributed by atoms with Gasteiger partial charge in [-0.25, -0.2) is 12.8 Å². The molecule has 192 valence electrons. The van der Waals surface area contributed by atoms with Crippen LogP contribution in [0.1, 0.15) is 49.8 Å². The Kier molecular flexibility index (Phi) is 7.98. The lowest BCUT2D eigenvalue weighted by Gasteiger charge is -2.35. The average molecular weight is 516 g/mol. The quantitative estimate of drug-likeness (QED) is 0.511. The van der Waals surface area contributed by atoms with Crippen LogP contribution in [0.5, 0.6) is 0 Å². The molecule has 2 aromatic rings. The molecule has 0 aromatic heterocycles. The third-order valence-electron chi connectivity index (χ3n) is 6.17. The molecule has 1 saturated heterocycles. The molecule has 3 rings (SSSR count). The zero-order chi connectivity index (χ0) is 26.0. The summed E-state index contributed by atoms with van der Waals surface area (Å²) in [5.41, 5.74) is 0.172. The first-order valence-electron chi connectivity index (χ1n) is 11.2. The van der Waals surface area contributed by atoms with Crippen LogP contribution >= 0.6 is 0 Å². The van der Waals surface area contributed by atoms with Gasteiger partial charge in [0.05, 0.1) is 17.9 Å². The van der Waals surface area contributed by atoms with Gasteiger partial charge in [-0.05, 0) is 49.4 Å². The Balaban J connectivity index is 1.85. The number of anilines is 2. The van der Waals surface area contributed by atoms with Crippen molar-refractivity contribution in [3.8, 4) is 0 Å². The van der Waals surface area contributed by atoms with Crippen molar-refractivity contribution >= 4 is 27.3 Å². The van der Waals surface area contributed by atoms with Gasteiger partial charge in [-0.15, -0.1) is 0 Å². The van der Waals surface area contributed by atoms with Crippen LogP contribution in [0.3, 0.4) is 0 Å². The van der Waals surface area contributed by atoms with Gasteiger partial charge in [0, 0.05) is 24.3 Å². The number of benzene rings is 2. The van der Waals surface area contributed by atoms with Crippen LogP contribution in [0.25, 0.3) is 0 Å². The van der Waals surface area contributed by atoms with Crippen LogP contribution < -0.4 is 14.9 Å². The number of hydrogen-bond acceptors (Lipinski definition) is 4. The van der Waals surface area contributed by atoms with Crippen molar-refractivity contribution in [1.82, 2.24) is 5.32 Å². The van der Waals surface area contributed by atoms with Gasteiger partial charge in [0.25, 0.3) is 0 Å². The van der Waals surface area contributed by atoms with Crippen molar-refractivity contribution in [2.24, 2.45) is 5.92 Å². The molecule has 0 aliphatic carbocycles. The minimum Gasteiger partial charge on any atom is -0.371 e. The van der Waals surface area contributed by atoms with Crippen LogP contribution in [0, 0.1) is 11.7 Å². The van der Waals surface area contributed by atoms with E-state index in [1.165, 1.54) is 25.1 Å². The van der Waals surface area contributed by atoms with Gasteiger partial charge in [-0.3, -0.25) is 9.52 Å². The summed E-state index contributed by atoms with van der Waals surface area (Å²) in [6.45, 7) is 4.72. The number of alkyl halides is 3. The van der Waals surface area contributed by atoms with E-state index in [1.54, 1.807) is 12.1 Å². The highest BCUT2D eigenvalue weighted by atomic mass is 32.2. The molecule has 1 fully saturated rings. The fourth-order valence-corrected chi connectivity index (χ4v) is 4.67. The zero-order valence-electron chi connectivity index (χ0n) is 19.7. The third-order valence-corrected chi connectivity index (χ3v) is 6.76. The van der Waals surface area contributed by atoms with E-state index in [0.717, 1.165) is 31.2 Å². The molecule has 1 heterocycles. The van der Waals surface area contributed by atoms with E-state index in [4.69, 9.17) is 0 Å². The Morgan fingerprint density at radius 1 is 1.11 bits per heavy atom. The first-order valence-corrected chi connectivity index (χ1v) is 13.1. The maximum absolute atomic E-state index is 14.4. The standard InChI is InChI=1S/C24H29F4N3O3S/c1-15-10-12-31(13-11-15)21-7-5-4-6-18(21)22(24(26,27)28)29-23(32)16(2)17-8-9-20(19(25)14-17)30-35(3,33)34/h4-9,14-16,22,30H,10-13H2,1-3H3,(H,29,32)/t16-,22?/m1/s1. The molecule has 0 bridgehead atoms. The molecule has 2 aromatic carbocycles. The molecule has 2 N–H and O–H groups in total. The van der Waals surface area contributed by atoms with E-state index >= 15 is 0 Å². The number of sulfonamides is 1. The zero-order valence-corrected chi connectivity index (χ0v) is 20.5. The van der Waals surface area contributed by atoms with Crippen LogP contribution in [-0.4, -0.2) is 39.8 Å². The van der Waals surface area contributed by atoms with Crippen LogP contribution in [0.2, 0.25) is 0 Å². The summed E-state index contributed by atoms with van der Waals surface area (Å²) in [5.74, 6) is -2.50. The molecule has 0 saturated carbocycles. The molecule has 6 nitrogen and oxygen atoms in total. The van der Waals surface area contributed by atoms with Crippen molar-refractivity contribution in [2.45, 2.75) is 44.8 Å². The van der Waals surface area contributed by atoms with Gasteiger partial charge < -0.3 is 10.2 Å². The van der Waals surface area contributed by atoms with Crippen molar-refractivity contribution < 1.29 is 30.8 Å². The summed E-state index contributed by atoms with van der Waals surface area (Å²) in [6, 6.07) is 7.28. The Morgan fingerprint density at radius 2 is 1.74 bits per heavy atom. The number of carbonyl (C=O) groups excluding carboxylic acids is 1. The predicted octanol–water partition coefficient (Wildman–Crippen LogP) is 4.96. The normalized spacial score (nSPS) is 17.1. The molecule has 11 heteroatoms. The van der Waals surface area contributed by atoms with Crippen molar-refractivity contribution in [1.29, 1.82) is 0 Å². The molecular weight excluding hydrogens is 486 g/mol. The molecule has 1 amide bonds. The summed E-state index contributed by atoms with van der Waals surface area (Å²) in [6.07, 6.45) is -2.17. The Morgan fingerprint density at radius 3 is 2.31 bits per heavy atom. The van der Waals surface area contributed by atoms with E-state index in [-0.39, 0.29) is 16.8 Å². The second-order valence-corrected chi connectivity index (χ2v) is 10.8. The minimum absolute atomic E-state index is 0.0472. The summed E-state index contributed by atoms with van der Waals surface area (Å²) >= 11 is 0. The molecule has 0 radical (unpaired) electrons. The minimum atomic E-state index is -4.76. The van der Waals surface area contributed by atoms with Crippen LogP contribution in [0.15, 0.2) is 42.5 Å². The topological polar surface area (TPSA) is 78.5 Å². The first kappa shape index (κ1) is 26.8. The molecule has 1 aliphatic rings. The molecular formula is C24H29F4N3O3S. The second kappa shape index (κ2) is 10.4. The largest absolute Gasteiger partial charge is 0.412 e. The number of halogens is 4. The van der Waals surface area contributed by atoms with E-state index in [1.807, 2.05) is 9.62 Å². The van der Waals surface area contributed by atoms with Gasteiger partial charge in [0.15, 0.2) is 6.04 Å². The van der Waals surface area contributed by atoms with Gasteiger partial charge in [-0.2, -0.15) is 13.2 Å². The SMILES string of the molecule is CC1CCN(c2ccccc2C(NC(=O)[C@H](C)c2ccc(NS(C)(=O)=O)c(F)c2)C(F)(F)F)CC1. The summed E-state index contributed by atoms with van der Waals surface area (Å²) < 4.78 is 81.5. The average Bonchev–Trinajstić information content (AvgIpc) is 2.77. The monoisotopic (exact) mass is 515 g/mol. The number of piperidine rings is 1. The smallest absolute Gasteiger partial charge is 0.371 e. The number of hydrogen-bond donors (Lipinski definition) is 2. The molecule has 0 spiro atoms. The number of nitrogens with zero attached hydrogens (tertiary/aromatic N) is 1. The summed E-state index contributed by atoms with van der Waals surface area (Å²) in [4.78, 5) is 14.8. The van der Waals surface area contributed by atoms with Crippen molar-refractivity contribution in [2.75, 3.05) is 29.0 Å². The van der Waals surface area contributed by atoms with Crippen LogP contribution in [-0.2, 0) is 14.8 Å². The maximum Gasteiger partial charge on any atom is 0.412 e. The number of amides is 1. The number of carbonyl (C=O) groups is 1. The van der Waals surface area contributed by atoms with Gasteiger partial charge in [0.2, 0.25) is 15.9 Å². The highest BCUT2D eigenvalue weighted by Gasteiger charge is 2.44. The van der Waals surface area contributed by atoms with Crippen molar-refractivity contribution in [3.05, 3.63) is 59.4 Å². The fourth-order valence-electron chi connectivity index (χ4n) is 4.11. The first-order chi connectivity index (χ1) is 16.3. The lowest BCUT2D eigenvalue weighted by molar-refractivity contribution is -0.163. The fraction of sp³-hybridized carbons (Fsp3) is 0.458. The van der Waals surface area contributed by atoms with E-state index in [9.17, 15) is 30.8 Å². The number of para-hydroxylation sites is 1. The molecule has 35 heavy (non-hydrogen) atoms. The Bertz CT molecular complexity index is 1160. The second-order valence-electron chi connectivity index (χ2n) is 9.05. The van der Waals surface area contributed by atoms with E-state index < -0.39 is 39.9 Å². The predicted molar refractivity (Wildman–Crippen MR) is 127 cm³/mol. The van der Waals surface area contributed by atoms with Gasteiger partial charge >= 0.3 is 6.18 Å². The lowest BCUT2D eigenvalue weighted by atomic mass is 9.95. The molecule has 1 unspecified atom stereocenters. The summed E-state index contributed by atoms with van der Waals surface area (Å²) in [5, 5.41) is 2.11. The van der Waals surface area contributed by atoms with Gasteiger partial charge in [-0.1, -0.05) is 31.2 Å². The molecule has 1 aliphatic heterocycles.